The maximum absolute atomic E-state index is 12.4. The standard InChI is InChI=1S/C17H17ClF3N5O3/c1-3-13(27)26-16-22-5-4-12(25-16)14(28)24-9(2)10-6-11(18)15(23-7-10)29-8-17(19,20)21/h4-7,9H,3,8H2,1-2H3,(H,24,28)(H,22,25,26,27). The van der Waals surface area contributed by atoms with Crippen molar-refractivity contribution in [1.82, 2.24) is 20.3 Å². The number of nitrogens with one attached hydrogen (secondary N) is 2. The van der Waals surface area contributed by atoms with Gasteiger partial charge in [-0.2, -0.15) is 13.2 Å². The van der Waals surface area contributed by atoms with Gasteiger partial charge in [-0.25, -0.2) is 15.0 Å². The number of ether oxygens (including phenoxy) is 1. The van der Waals surface area contributed by atoms with Crippen molar-refractivity contribution in [2.24, 2.45) is 0 Å². The number of aromatic nitrogens is 3. The monoisotopic (exact) mass is 431 g/mol. The first-order valence-electron chi connectivity index (χ1n) is 8.37. The fourth-order valence-electron chi connectivity index (χ4n) is 2.05. The van der Waals surface area contributed by atoms with Gasteiger partial charge < -0.3 is 10.1 Å². The molecule has 0 spiro atoms. The number of pyridine rings is 1. The van der Waals surface area contributed by atoms with Crippen molar-refractivity contribution < 1.29 is 27.5 Å². The van der Waals surface area contributed by atoms with Crippen LogP contribution in [0.15, 0.2) is 24.5 Å². The Bertz CT molecular complexity index is 895. The number of halogens is 4. The van der Waals surface area contributed by atoms with Gasteiger partial charge in [-0.05, 0) is 24.6 Å². The lowest BCUT2D eigenvalue weighted by Gasteiger charge is -2.15. The van der Waals surface area contributed by atoms with Crippen LogP contribution in [0.3, 0.4) is 0 Å². The molecule has 12 heteroatoms. The smallest absolute Gasteiger partial charge is 0.422 e. The van der Waals surface area contributed by atoms with Crippen LogP contribution >= 0.6 is 11.6 Å². The second kappa shape index (κ2) is 9.50. The minimum atomic E-state index is -4.52. The van der Waals surface area contributed by atoms with Crippen LogP contribution in [0.1, 0.15) is 42.4 Å². The third kappa shape index (κ3) is 6.86. The average Bonchev–Trinajstić information content (AvgIpc) is 2.66. The van der Waals surface area contributed by atoms with Crippen molar-refractivity contribution in [2.45, 2.75) is 32.5 Å². The molecule has 0 fully saturated rings. The molecule has 0 aliphatic rings. The highest BCUT2D eigenvalue weighted by Crippen LogP contribution is 2.27. The van der Waals surface area contributed by atoms with Gasteiger partial charge in [0.1, 0.15) is 10.7 Å². The summed E-state index contributed by atoms with van der Waals surface area (Å²) in [4.78, 5) is 35.4. The number of hydrogen-bond acceptors (Lipinski definition) is 6. The molecule has 8 nitrogen and oxygen atoms in total. The zero-order valence-corrected chi connectivity index (χ0v) is 16.1. The summed E-state index contributed by atoms with van der Waals surface area (Å²) < 4.78 is 41.2. The van der Waals surface area contributed by atoms with Gasteiger partial charge in [0.2, 0.25) is 17.7 Å². The molecule has 0 bridgehead atoms. The second-order valence-corrected chi connectivity index (χ2v) is 6.23. The van der Waals surface area contributed by atoms with Crippen molar-refractivity contribution in [3.8, 4) is 5.88 Å². The molecule has 0 saturated carbocycles. The van der Waals surface area contributed by atoms with E-state index in [2.05, 4.69) is 30.3 Å². The van der Waals surface area contributed by atoms with Gasteiger partial charge in [-0.1, -0.05) is 18.5 Å². The zero-order chi connectivity index (χ0) is 21.6. The fourth-order valence-corrected chi connectivity index (χ4v) is 2.28. The lowest BCUT2D eigenvalue weighted by molar-refractivity contribution is -0.154. The van der Waals surface area contributed by atoms with Crippen molar-refractivity contribution in [3.05, 3.63) is 40.8 Å². The predicted molar refractivity (Wildman–Crippen MR) is 97.6 cm³/mol. The Labute approximate surface area is 168 Å². The Morgan fingerprint density at radius 3 is 2.66 bits per heavy atom. The third-order valence-electron chi connectivity index (χ3n) is 3.51. The van der Waals surface area contributed by atoms with Gasteiger partial charge in [0, 0.05) is 18.8 Å². The van der Waals surface area contributed by atoms with Crippen LogP contribution in [0.25, 0.3) is 0 Å². The van der Waals surface area contributed by atoms with E-state index in [4.69, 9.17) is 11.6 Å². The first-order valence-corrected chi connectivity index (χ1v) is 8.75. The van der Waals surface area contributed by atoms with Gasteiger partial charge >= 0.3 is 6.18 Å². The van der Waals surface area contributed by atoms with E-state index in [1.54, 1.807) is 13.8 Å². The molecule has 2 amide bonds. The molecule has 2 heterocycles. The maximum atomic E-state index is 12.4. The molecule has 0 aromatic carbocycles. The summed E-state index contributed by atoms with van der Waals surface area (Å²) in [5, 5.41) is 4.97. The molecular weight excluding hydrogens is 415 g/mol. The number of rotatable bonds is 7. The molecule has 2 rings (SSSR count). The fraction of sp³-hybridized carbons (Fsp3) is 0.353. The van der Waals surface area contributed by atoms with Crippen molar-refractivity contribution >= 4 is 29.4 Å². The second-order valence-electron chi connectivity index (χ2n) is 5.82. The van der Waals surface area contributed by atoms with Gasteiger partial charge in [-0.15, -0.1) is 0 Å². The Morgan fingerprint density at radius 1 is 1.31 bits per heavy atom. The van der Waals surface area contributed by atoms with Gasteiger partial charge in [0.25, 0.3) is 5.91 Å². The molecule has 0 radical (unpaired) electrons. The van der Waals surface area contributed by atoms with E-state index in [0.29, 0.717) is 5.56 Å². The van der Waals surface area contributed by atoms with Crippen LogP contribution in [0.5, 0.6) is 5.88 Å². The molecule has 29 heavy (non-hydrogen) atoms. The van der Waals surface area contributed by atoms with Crippen LogP contribution in [0.4, 0.5) is 19.1 Å². The number of anilines is 1. The number of nitrogens with zero attached hydrogens (tertiary/aromatic N) is 3. The quantitative estimate of drug-likeness (QED) is 0.696. The minimum absolute atomic E-state index is 0.00645. The van der Waals surface area contributed by atoms with Crippen LogP contribution in [-0.2, 0) is 4.79 Å². The maximum Gasteiger partial charge on any atom is 0.422 e. The Kier molecular flexibility index (Phi) is 7.32. The lowest BCUT2D eigenvalue weighted by atomic mass is 10.1. The Hall–Kier alpha value is -2.95. The molecule has 1 atom stereocenters. The number of carbonyl (C=O) groups excluding carboxylic acids is 2. The summed E-state index contributed by atoms with van der Waals surface area (Å²) in [6.45, 7) is 1.77. The van der Waals surface area contributed by atoms with Crippen LogP contribution in [0, 0.1) is 0 Å². The van der Waals surface area contributed by atoms with E-state index in [1.165, 1.54) is 24.5 Å². The average molecular weight is 432 g/mol. The van der Waals surface area contributed by atoms with Crippen LogP contribution in [-0.4, -0.2) is 39.5 Å². The summed E-state index contributed by atoms with van der Waals surface area (Å²) in [5.74, 6) is -1.23. The number of carbonyl (C=O) groups is 2. The van der Waals surface area contributed by atoms with E-state index in [1.807, 2.05) is 0 Å². The first-order chi connectivity index (χ1) is 13.6. The van der Waals surface area contributed by atoms with Gasteiger partial charge in [-0.3, -0.25) is 14.9 Å². The molecule has 156 valence electrons. The zero-order valence-electron chi connectivity index (χ0n) is 15.4. The van der Waals surface area contributed by atoms with Crippen molar-refractivity contribution in [3.63, 3.8) is 0 Å². The Balaban J connectivity index is 2.05. The van der Waals surface area contributed by atoms with E-state index >= 15 is 0 Å². The number of alkyl halides is 3. The molecule has 2 N–H and O–H groups in total. The first kappa shape index (κ1) is 22.3. The van der Waals surface area contributed by atoms with Crippen LogP contribution < -0.4 is 15.4 Å². The van der Waals surface area contributed by atoms with E-state index < -0.39 is 24.7 Å². The molecule has 2 aromatic rings. The topological polar surface area (TPSA) is 106 Å². The molecule has 2 aromatic heterocycles. The van der Waals surface area contributed by atoms with Crippen molar-refractivity contribution in [2.75, 3.05) is 11.9 Å². The summed E-state index contributed by atoms with van der Waals surface area (Å²) in [6, 6.07) is 2.12. The largest absolute Gasteiger partial charge is 0.467 e. The summed E-state index contributed by atoms with van der Waals surface area (Å²) in [6.07, 6.45) is -1.72. The molecule has 0 saturated heterocycles. The molecule has 1 unspecified atom stereocenters. The molecule has 0 aliphatic heterocycles. The number of hydrogen-bond donors (Lipinski definition) is 2. The number of amides is 2. The van der Waals surface area contributed by atoms with Gasteiger partial charge in [0.05, 0.1) is 6.04 Å². The van der Waals surface area contributed by atoms with E-state index in [-0.39, 0.29) is 34.9 Å². The predicted octanol–water partition coefficient (Wildman–Crippen LogP) is 3.31. The van der Waals surface area contributed by atoms with E-state index in [9.17, 15) is 22.8 Å². The highest BCUT2D eigenvalue weighted by molar-refractivity contribution is 6.31. The SMILES string of the molecule is CCC(=O)Nc1nccc(C(=O)NC(C)c2cnc(OCC(F)(F)F)c(Cl)c2)n1. The van der Waals surface area contributed by atoms with Crippen molar-refractivity contribution in [1.29, 1.82) is 0 Å². The Morgan fingerprint density at radius 2 is 2.03 bits per heavy atom. The normalized spacial score (nSPS) is 12.2. The highest BCUT2D eigenvalue weighted by atomic mass is 35.5. The van der Waals surface area contributed by atoms with Gasteiger partial charge in [0.15, 0.2) is 6.61 Å². The molecular formula is C17H17ClF3N5O3. The van der Waals surface area contributed by atoms with E-state index in [0.717, 1.165) is 0 Å². The lowest BCUT2D eigenvalue weighted by Crippen LogP contribution is -2.28. The third-order valence-corrected chi connectivity index (χ3v) is 3.78. The summed E-state index contributed by atoms with van der Waals surface area (Å²) in [5.41, 5.74) is 0.457. The summed E-state index contributed by atoms with van der Waals surface area (Å²) >= 11 is 5.91. The minimum Gasteiger partial charge on any atom is -0.467 e. The van der Waals surface area contributed by atoms with Crippen LogP contribution in [0.2, 0.25) is 5.02 Å². The molecule has 0 aliphatic carbocycles. The highest BCUT2D eigenvalue weighted by Gasteiger charge is 2.29. The summed E-state index contributed by atoms with van der Waals surface area (Å²) in [7, 11) is 0.